The molecule has 5 nitrogen and oxygen atoms in total. The first-order valence-corrected chi connectivity index (χ1v) is 11.0. The van der Waals surface area contributed by atoms with E-state index >= 15 is 0 Å². The number of aryl methyl sites for hydroxylation is 1. The van der Waals surface area contributed by atoms with E-state index in [1.807, 2.05) is 40.7 Å². The van der Waals surface area contributed by atoms with Gasteiger partial charge in [0, 0.05) is 24.0 Å². The van der Waals surface area contributed by atoms with Crippen LogP contribution in [0, 0.1) is 12.7 Å². The molecule has 1 aromatic carbocycles. The van der Waals surface area contributed by atoms with E-state index in [0.29, 0.717) is 23.1 Å². The number of nitrogens with two attached hydrogens (primary N) is 1. The summed E-state index contributed by atoms with van der Waals surface area (Å²) in [5, 5.41) is 6.61. The van der Waals surface area contributed by atoms with Crippen LogP contribution in [0.25, 0.3) is 0 Å². The van der Waals surface area contributed by atoms with Crippen molar-refractivity contribution < 1.29 is 4.39 Å². The number of nitrogens with zero attached hydrogens (tertiary/aromatic N) is 2. The molecule has 1 aromatic rings. The number of halogens is 1. The van der Waals surface area contributed by atoms with E-state index in [9.17, 15) is 4.39 Å². The van der Waals surface area contributed by atoms with Gasteiger partial charge in [0.15, 0.2) is 0 Å². The highest BCUT2D eigenvalue weighted by Crippen LogP contribution is 2.17. The normalized spacial score (nSPS) is 17.3. The van der Waals surface area contributed by atoms with E-state index in [2.05, 4.69) is 27.4 Å². The molecule has 1 aliphatic rings. The summed E-state index contributed by atoms with van der Waals surface area (Å²) in [5.74, 6) is 0.981. The van der Waals surface area contributed by atoms with Gasteiger partial charge in [0.05, 0.1) is 0 Å². The van der Waals surface area contributed by atoms with Crippen LogP contribution in [0.2, 0.25) is 0 Å². The molecule has 1 saturated heterocycles. The van der Waals surface area contributed by atoms with Crippen LogP contribution < -0.4 is 16.4 Å². The van der Waals surface area contributed by atoms with Gasteiger partial charge in [-0.15, -0.1) is 0 Å². The first-order chi connectivity index (χ1) is 14.3. The van der Waals surface area contributed by atoms with Gasteiger partial charge >= 0.3 is 0 Å². The van der Waals surface area contributed by atoms with Crippen LogP contribution in [0.4, 0.5) is 10.1 Å². The Morgan fingerprint density at radius 1 is 1.30 bits per heavy atom. The molecule has 1 aliphatic heterocycles. The molecule has 1 fully saturated rings. The Hall–Kier alpha value is -2.34. The minimum absolute atomic E-state index is 0.233. The summed E-state index contributed by atoms with van der Waals surface area (Å²) in [6.45, 7) is 17.0. The maximum absolute atomic E-state index is 13.7. The Morgan fingerprint density at radius 2 is 2.00 bits per heavy atom. The number of amidine groups is 1. The van der Waals surface area contributed by atoms with Crippen LogP contribution in [0.1, 0.15) is 59.9 Å². The highest BCUT2D eigenvalue weighted by Gasteiger charge is 2.22. The number of likely N-dealkylation sites (N-methyl/N-ethyl adjacent to an activating group) is 1. The standard InChI is InChI=1S/C22H34FN5.C2H6/c1-6-28-11-7-8-19(28)14-25-22(15(2)3)27-21(24)12-17(5)26-18-10-9-16(4)20(23)13-18;1-2/h9-10,12-13,19,25-26H,6-8,11,14H2,1-5H3,(H2,24,27);1-2H3/b17-12+;. The lowest BCUT2D eigenvalue weighted by Crippen LogP contribution is -2.37. The summed E-state index contributed by atoms with van der Waals surface area (Å²) in [5.41, 5.74) is 9.32. The molecule has 0 aromatic heterocycles. The van der Waals surface area contributed by atoms with Crippen LogP contribution in [0.5, 0.6) is 0 Å². The molecule has 30 heavy (non-hydrogen) atoms. The number of nitrogens with one attached hydrogen (secondary N) is 2. The molecule has 2 rings (SSSR count). The maximum Gasteiger partial charge on any atom is 0.128 e. The minimum atomic E-state index is -0.233. The first kappa shape index (κ1) is 25.7. The molecule has 0 bridgehead atoms. The van der Waals surface area contributed by atoms with E-state index in [1.54, 1.807) is 19.1 Å². The number of anilines is 1. The predicted molar refractivity (Wildman–Crippen MR) is 128 cm³/mol. The van der Waals surface area contributed by atoms with E-state index in [1.165, 1.54) is 25.5 Å². The monoisotopic (exact) mass is 417 g/mol. The van der Waals surface area contributed by atoms with Crippen LogP contribution in [-0.2, 0) is 0 Å². The van der Waals surface area contributed by atoms with Crippen molar-refractivity contribution in [1.29, 1.82) is 0 Å². The molecule has 6 heteroatoms. The third-order valence-electron chi connectivity index (χ3n) is 5.00. The van der Waals surface area contributed by atoms with Gasteiger partial charge in [0.25, 0.3) is 0 Å². The average Bonchev–Trinajstić information content (AvgIpc) is 3.16. The Bertz CT molecular complexity index is 763. The lowest BCUT2D eigenvalue weighted by atomic mass is 10.2. The summed E-state index contributed by atoms with van der Waals surface area (Å²) < 4.78 is 13.7. The molecular formula is C24H40FN5. The van der Waals surface area contributed by atoms with E-state index in [4.69, 9.17) is 5.73 Å². The highest BCUT2D eigenvalue weighted by atomic mass is 19.1. The smallest absolute Gasteiger partial charge is 0.128 e. The number of aliphatic imine (C=N–C) groups is 1. The number of hydrogen-bond donors (Lipinski definition) is 3. The summed E-state index contributed by atoms with van der Waals surface area (Å²) in [7, 11) is 0. The lowest BCUT2D eigenvalue weighted by molar-refractivity contribution is 0.264. The predicted octanol–water partition coefficient (Wildman–Crippen LogP) is 5.16. The van der Waals surface area contributed by atoms with Gasteiger partial charge in [-0.25, -0.2) is 9.38 Å². The van der Waals surface area contributed by atoms with E-state index in [-0.39, 0.29) is 5.82 Å². The van der Waals surface area contributed by atoms with Gasteiger partial charge in [-0.3, -0.25) is 4.90 Å². The van der Waals surface area contributed by atoms with Crippen molar-refractivity contribution in [2.24, 2.45) is 10.7 Å². The Labute approximate surface area is 182 Å². The molecule has 0 radical (unpaired) electrons. The van der Waals surface area contributed by atoms with Gasteiger partial charge in [-0.05, 0) is 83.0 Å². The lowest BCUT2D eigenvalue weighted by Gasteiger charge is -2.23. The van der Waals surface area contributed by atoms with Gasteiger partial charge in [0.1, 0.15) is 17.5 Å². The van der Waals surface area contributed by atoms with Gasteiger partial charge in [-0.2, -0.15) is 0 Å². The number of benzene rings is 1. The molecule has 1 unspecified atom stereocenters. The highest BCUT2D eigenvalue weighted by molar-refractivity contribution is 5.93. The Balaban J connectivity index is 0.00000218. The Kier molecular flexibility index (Phi) is 11.2. The van der Waals surface area contributed by atoms with Crippen molar-refractivity contribution in [2.75, 3.05) is 25.0 Å². The van der Waals surface area contributed by atoms with Crippen molar-refractivity contribution in [2.45, 2.75) is 67.3 Å². The van der Waals surface area contributed by atoms with Crippen LogP contribution in [0.15, 0.2) is 46.4 Å². The summed E-state index contributed by atoms with van der Waals surface area (Å²) in [6.07, 6.45) is 4.23. The van der Waals surface area contributed by atoms with Crippen LogP contribution >= 0.6 is 0 Å². The number of allylic oxidation sites excluding steroid dienone is 2. The average molecular weight is 418 g/mol. The summed E-state index contributed by atoms with van der Waals surface area (Å²) >= 11 is 0. The van der Waals surface area contributed by atoms with Crippen LogP contribution in [-0.4, -0.2) is 36.4 Å². The Morgan fingerprint density at radius 3 is 2.60 bits per heavy atom. The minimum Gasteiger partial charge on any atom is -0.384 e. The second-order valence-corrected chi connectivity index (χ2v) is 7.61. The third kappa shape index (κ3) is 8.19. The molecule has 0 spiro atoms. The topological polar surface area (TPSA) is 65.7 Å². The molecule has 1 heterocycles. The maximum atomic E-state index is 13.7. The molecule has 1 atom stereocenters. The second-order valence-electron chi connectivity index (χ2n) is 7.61. The number of hydrogen-bond acceptors (Lipinski definition) is 4. The number of rotatable bonds is 8. The zero-order valence-corrected chi connectivity index (χ0v) is 19.8. The van der Waals surface area contributed by atoms with Gasteiger partial charge in [-0.1, -0.05) is 26.8 Å². The van der Waals surface area contributed by atoms with E-state index in [0.717, 1.165) is 30.2 Å². The van der Waals surface area contributed by atoms with Crippen molar-refractivity contribution >= 4 is 11.5 Å². The molecular weight excluding hydrogens is 377 g/mol. The fourth-order valence-corrected chi connectivity index (χ4v) is 3.40. The molecule has 4 N–H and O–H groups in total. The zero-order chi connectivity index (χ0) is 22.7. The number of likely N-dealkylation sites (tertiary alicyclic amines) is 1. The summed E-state index contributed by atoms with van der Waals surface area (Å²) in [6, 6.07) is 5.61. The van der Waals surface area contributed by atoms with Crippen molar-refractivity contribution in [3.63, 3.8) is 0 Å². The fraction of sp³-hybridized carbons (Fsp3) is 0.542. The molecule has 0 aliphatic carbocycles. The van der Waals surface area contributed by atoms with Gasteiger partial charge in [0.2, 0.25) is 0 Å². The molecule has 168 valence electrons. The van der Waals surface area contributed by atoms with Crippen molar-refractivity contribution in [3.05, 3.63) is 52.7 Å². The summed E-state index contributed by atoms with van der Waals surface area (Å²) in [4.78, 5) is 7.05. The zero-order valence-electron chi connectivity index (χ0n) is 19.8. The van der Waals surface area contributed by atoms with Gasteiger partial charge < -0.3 is 16.4 Å². The van der Waals surface area contributed by atoms with E-state index < -0.39 is 0 Å². The molecule has 0 saturated carbocycles. The fourth-order valence-electron chi connectivity index (χ4n) is 3.40. The second kappa shape index (κ2) is 13.1. The quantitative estimate of drug-likeness (QED) is 0.404. The largest absolute Gasteiger partial charge is 0.384 e. The van der Waals surface area contributed by atoms with Crippen molar-refractivity contribution in [1.82, 2.24) is 10.2 Å². The first-order valence-electron chi connectivity index (χ1n) is 11.0. The third-order valence-corrected chi connectivity index (χ3v) is 5.00. The molecule has 0 amide bonds. The SMILES string of the molecule is CC.CCN1CCCC1CNC(/N=C(N)\C=C(/C)Nc1ccc(C)c(F)c1)=C(C)C. The van der Waals surface area contributed by atoms with Crippen molar-refractivity contribution in [3.8, 4) is 0 Å². The van der Waals surface area contributed by atoms with Crippen LogP contribution in [0.3, 0.4) is 0 Å².